The molecule has 3 saturated carbocycles. The lowest BCUT2D eigenvalue weighted by Gasteiger charge is -2.63. The number of esters is 1. The fourth-order valence-corrected chi connectivity index (χ4v) is 9.20. The van der Waals surface area contributed by atoms with Crippen LogP contribution >= 0.6 is 12.6 Å². The molecule has 1 unspecified atom stereocenters. The van der Waals surface area contributed by atoms with Crippen molar-refractivity contribution < 1.29 is 33.0 Å². The van der Waals surface area contributed by atoms with Gasteiger partial charge in [-0.25, -0.2) is 8.78 Å². The van der Waals surface area contributed by atoms with E-state index in [1.807, 2.05) is 11.9 Å². The van der Waals surface area contributed by atoms with Crippen LogP contribution in [0.3, 0.4) is 0 Å². The zero-order valence-electron chi connectivity index (χ0n) is 21.2. The number of rotatable bonds is 3. The van der Waals surface area contributed by atoms with Crippen molar-refractivity contribution in [3.8, 4) is 0 Å². The van der Waals surface area contributed by atoms with Gasteiger partial charge in [0.05, 0.1) is 6.10 Å². The number of carbonyl (C=O) groups is 3. The number of aliphatic hydroxyl groups excluding tert-OH is 1. The Labute approximate surface area is 215 Å². The minimum absolute atomic E-state index is 0.0506. The number of nitrogens with zero attached hydrogens (tertiary/aromatic N) is 1. The summed E-state index contributed by atoms with van der Waals surface area (Å²) in [7, 11) is 1.83. The number of aliphatic hydroxyl groups is 1. The van der Waals surface area contributed by atoms with Crippen LogP contribution in [0, 0.1) is 28.6 Å². The Balaban J connectivity index is 1.59. The maximum absolute atomic E-state index is 17.3. The van der Waals surface area contributed by atoms with E-state index in [-0.39, 0.29) is 18.4 Å². The van der Waals surface area contributed by atoms with E-state index in [9.17, 15) is 19.5 Å². The summed E-state index contributed by atoms with van der Waals surface area (Å²) in [5.74, 6) is -2.93. The zero-order valence-corrected chi connectivity index (χ0v) is 22.1. The fraction of sp³-hybridized carbons (Fsp3) is 0.741. The summed E-state index contributed by atoms with van der Waals surface area (Å²) >= 11 is 4.20. The average Bonchev–Trinajstić information content (AvgIpc) is 3.32. The number of likely N-dealkylation sites (tertiary alicyclic amines) is 1. The van der Waals surface area contributed by atoms with Crippen molar-refractivity contribution in [1.82, 2.24) is 4.90 Å². The highest BCUT2D eigenvalue weighted by Gasteiger charge is 2.78. The van der Waals surface area contributed by atoms with Gasteiger partial charge in [-0.1, -0.05) is 19.9 Å². The highest BCUT2D eigenvalue weighted by molar-refractivity contribution is 7.96. The average molecular weight is 524 g/mol. The van der Waals surface area contributed by atoms with Crippen LogP contribution < -0.4 is 0 Å². The van der Waals surface area contributed by atoms with Gasteiger partial charge in [-0.2, -0.15) is 0 Å². The quantitative estimate of drug-likeness (QED) is 0.436. The minimum Gasteiger partial charge on any atom is -0.448 e. The van der Waals surface area contributed by atoms with Crippen LogP contribution in [0.4, 0.5) is 8.78 Å². The molecule has 0 amide bonds. The number of hydrogen-bond donors (Lipinski definition) is 2. The maximum atomic E-state index is 17.3. The Hall–Kier alpha value is -1.58. The Morgan fingerprint density at radius 2 is 1.94 bits per heavy atom. The third kappa shape index (κ3) is 3.05. The van der Waals surface area contributed by atoms with Gasteiger partial charge in [0.2, 0.25) is 5.12 Å². The van der Waals surface area contributed by atoms with Gasteiger partial charge < -0.3 is 9.84 Å². The summed E-state index contributed by atoms with van der Waals surface area (Å²) in [6.07, 6.45) is 2.02. The number of thiol groups is 1. The van der Waals surface area contributed by atoms with Crippen molar-refractivity contribution in [3.05, 3.63) is 23.8 Å². The summed E-state index contributed by atoms with van der Waals surface area (Å²) in [6.45, 7) is 5.82. The van der Waals surface area contributed by atoms with Crippen LogP contribution in [0.15, 0.2) is 23.8 Å². The molecular formula is C27H35F2NO5S. The molecule has 0 spiro atoms. The number of ketones is 1. The zero-order chi connectivity index (χ0) is 26.4. The van der Waals surface area contributed by atoms with Gasteiger partial charge >= 0.3 is 5.97 Å². The lowest BCUT2D eigenvalue weighted by molar-refractivity contribution is -0.229. The first-order valence-corrected chi connectivity index (χ1v) is 13.3. The van der Waals surface area contributed by atoms with Gasteiger partial charge in [0.1, 0.15) is 12.2 Å². The van der Waals surface area contributed by atoms with Crippen LogP contribution in [0.2, 0.25) is 0 Å². The molecule has 0 bridgehead atoms. The summed E-state index contributed by atoms with van der Waals surface area (Å²) in [6, 6.07) is -0.486. The topological polar surface area (TPSA) is 83.9 Å². The van der Waals surface area contributed by atoms with Gasteiger partial charge in [0.25, 0.3) is 0 Å². The van der Waals surface area contributed by atoms with Crippen molar-refractivity contribution in [1.29, 1.82) is 0 Å². The molecular weight excluding hydrogens is 488 g/mol. The largest absolute Gasteiger partial charge is 0.448 e. The van der Waals surface area contributed by atoms with Crippen molar-refractivity contribution in [2.75, 3.05) is 13.6 Å². The molecule has 10 atom stereocenters. The standard InChI is InChI=1S/C27H35F2NO5S/c1-14-10-16-17-12-19(28)18-11-15(31)7-8-24(18,2)26(17,29)21(32)13-25(16,3)27(14,23(34)36)35-22(33)20-6-5-9-30(20)4/h7-8,11,14,16-17,19-21,32H,5-6,9-10,12-13H2,1-4H3,(H,34,36)/t14-,16+,17+,19+,20+,21+,24+,25+,26?,27+/m1/s1. The van der Waals surface area contributed by atoms with Crippen LogP contribution in [0.25, 0.3) is 0 Å². The first kappa shape index (κ1) is 26.0. The van der Waals surface area contributed by atoms with E-state index in [1.165, 1.54) is 19.1 Å². The Morgan fingerprint density at radius 3 is 2.56 bits per heavy atom. The number of halogens is 2. The normalized spacial score (nSPS) is 50.2. The van der Waals surface area contributed by atoms with E-state index in [4.69, 9.17) is 4.74 Å². The van der Waals surface area contributed by atoms with Crippen LogP contribution in [-0.2, 0) is 19.1 Å². The summed E-state index contributed by atoms with van der Waals surface area (Å²) in [5, 5.41) is 10.9. The first-order valence-electron chi connectivity index (χ1n) is 12.9. The second-order valence-corrected chi connectivity index (χ2v) is 12.5. The second kappa shape index (κ2) is 8.21. The first-order chi connectivity index (χ1) is 16.7. The van der Waals surface area contributed by atoms with Crippen molar-refractivity contribution in [2.45, 2.75) is 82.5 Å². The van der Waals surface area contributed by atoms with Gasteiger partial charge in [0.15, 0.2) is 17.1 Å². The minimum atomic E-state index is -2.26. The maximum Gasteiger partial charge on any atom is 0.324 e. The molecule has 5 rings (SSSR count). The molecule has 6 nitrogen and oxygen atoms in total. The van der Waals surface area contributed by atoms with E-state index < -0.39 is 75.0 Å². The number of likely N-dealkylation sites (N-methyl/N-ethyl adjacent to an activating group) is 1. The highest BCUT2D eigenvalue weighted by Crippen LogP contribution is 2.71. The number of carbonyl (C=O) groups excluding carboxylic acids is 3. The molecule has 1 saturated heterocycles. The van der Waals surface area contributed by atoms with Crippen LogP contribution in [0.1, 0.15) is 52.9 Å². The van der Waals surface area contributed by atoms with Crippen molar-refractivity contribution in [2.24, 2.45) is 28.6 Å². The van der Waals surface area contributed by atoms with Gasteiger partial charge in [-0.05, 0) is 76.3 Å². The van der Waals surface area contributed by atoms with Crippen LogP contribution in [0.5, 0.6) is 0 Å². The van der Waals surface area contributed by atoms with Gasteiger partial charge in [-0.15, -0.1) is 12.6 Å². The summed E-state index contributed by atoms with van der Waals surface area (Å²) < 4.78 is 39.1. The van der Waals surface area contributed by atoms with Crippen molar-refractivity contribution in [3.63, 3.8) is 0 Å². The van der Waals surface area contributed by atoms with E-state index >= 15 is 8.78 Å². The Morgan fingerprint density at radius 1 is 1.25 bits per heavy atom. The molecule has 1 heterocycles. The fourth-order valence-electron chi connectivity index (χ4n) is 8.68. The van der Waals surface area contributed by atoms with E-state index in [0.717, 1.165) is 19.0 Å². The third-order valence-electron chi connectivity index (χ3n) is 10.5. The molecule has 0 radical (unpaired) electrons. The summed E-state index contributed by atoms with van der Waals surface area (Å²) in [5.41, 5.74) is -6.54. The smallest absolute Gasteiger partial charge is 0.324 e. The molecule has 5 aliphatic rings. The Bertz CT molecular complexity index is 1080. The number of hydrogen-bond acceptors (Lipinski definition) is 6. The third-order valence-corrected chi connectivity index (χ3v) is 10.9. The predicted octanol–water partition coefficient (Wildman–Crippen LogP) is 3.38. The second-order valence-electron chi connectivity index (χ2n) is 12.1. The lowest BCUT2D eigenvalue weighted by atomic mass is 9.44. The molecule has 0 aromatic rings. The molecule has 0 aromatic heterocycles. The lowest BCUT2D eigenvalue weighted by Crippen LogP contribution is -2.70. The van der Waals surface area contributed by atoms with Gasteiger partial charge in [0, 0.05) is 22.7 Å². The highest BCUT2D eigenvalue weighted by atomic mass is 32.1. The molecule has 36 heavy (non-hydrogen) atoms. The van der Waals surface area contributed by atoms with Gasteiger partial charge in [-0.3, -0.25) is 19.3 Å². The molecule has 1 N–H and O–H groups in total. The van der Waals surface area contributed by atoms with E-state index in [0.29, 0.717) is 12.8 Å². The van der Waals surface area contributed by atoms with Crippen LogP contribution in [-0.4, -0.2) is 70.1 Å². The molecule has 4 fully saturated rings. The molecule has 198 valence electrons. The Kier molecular flexibility index (Phi) is 5.94. The molecule has 1 aliphatic heterocycles. The predicted molar refractivity (Wildman–Crippen MR) is 132 cm³/mol. The number of alkyl halides is 2. The molecule has 9 heteroatoms. The van der Waals surface area contributed by atoms with E-state index in [2.05, 4.69) is 12.6 Å². The SMILES string of the molecule is C[C@@H]1C[C@H]2[C@@H]3C[C@H](F)C4=CC(=O)C=C[C@]4(C)C3(F)[C@@H](O)C[C@]2(C)[C@@]1(OC(=O)[C@@H]1CCCN1C)C(=O)S. The van der Waals surface area contributed by atoms with E-state index in [1.54, 1.807) is 13.8 Å². The monoisotopic (exact) mass is 523 g/mol. The summed E-state index contributed by atoms with van der Waals surface area (Å²) in [4.78, 5) is 40.5. The number of allylic oxidation sites excluding steroid dienone is 4. The van der Waals surface area contributed by atoms with Crippen molar-refractivity contribution >= 4 is 29.5 Å². The molecule has 0 aromatic carbocycles. The molecule has 4 aliphatic carbocycles. The number of fused-ring (bicyclic) bond motifs is 5. The number of ether oxygens (including phenoxy) is 1.